The Morgan fingerprint density at radius 1 is 1.16 bits per heavy atom. The Morgan fingerprint density at radius 2 is 1.84 bits per heavy atom. The summed E-state index contributed by atoms with van der Waals surface area (Å²) in [5, 5.41) is 4.21. The number of rotatable bonds is 6. The van der Waals surface area contributed by atoms with Gasteiger partial charge in [0.05, 0.1) is 12.3 Å². The lowest BCUT2D eigenvalue weighted by molar-refractivity contribution is -0.119. The number of imidazole rings is 1. The standard InChI is InChI=1S/C21H24ClN5O3S/c1-25-18-17(19(29)26(2)21(25)30)27(11-13-7-9-14(22)10-8-13)20(24-18)31-12-16(28)23-15-5-3-4-6-15/h7-10,15H,3-6,11-12H2,1-2H3,(H,23,28). The van der Waals surface area contributed by atoms with Crippen LogP contribution in [0.4, 0.5) is 0 Å². The monoisotopic (exact) mass is 461 g/mol. The summed E-state index contributed by atoms with van der Waals surface area (Å²) in [4.78, 5) is 42.3. The summed E-state index contributed by atoms with van der Waals surface area (Å²) < 4.78 is 4.20. The number of nitrogens with one attached hydrogen (secondary N) is 1. The number of carbonyl (C=O) groups excluding carboxylic acids is 1. The van der Waals surface area contributed by atoms with Gasteiger partial charge in [0.2, 0.25) is 5.91 Å². The molecule has 0 aliphatic heterocycles. The molecular formula is C21H24ClN5O3S. The van der Waals surface area contributed by atoms with Gasteiger partial charge in [-0.25, -0.2) is 9.78 Å². The fourth-order valence-electron chi connectivity index (χ4n) is 3.93. The van der Waals surface area contributed by atoms with Gasteiger partial charge in [-0.2, -0.15) is 0 Å². The number of aryl methyl sites for hydroxylation is 1. The highest BCUT2D eigenvalue weighted by atomic mass is 35.5. The van der Waals surface area contributed by atoms with E-state index in [1.807, 2.05) is 12.1 Å². The van der Waals surface area contributed by atoms with Gasteiger partial charge < -0.3 is 9.88 Å². The summed E-state index contributed by atoms with van der Waals surface area (Å²) >= 11 is 7.27. The summed E-state index contributed by atoms with van der Waals surface area (Å²) in [5.41, 5.74) is 0.710. The number of halogens is 1. The molecule has 0 radical (unpaired) electrons. The van der Waals surface area contributed by atoms with Gasteiger partial charge in [0, 0.05) is 25.2 Å². The molecule has 1 aliphatic rings. The molecule has 1 aliphatic carbocycles. The van der Waals surface area contributed by atoms with Crippen molar-refractivity contribution in [2.75, 3.05) is 5.75 Å². The first kappa shape index (κ1) is 21.7. The average Bonchev–Trinajstić information content (AvgIpc) is 3.39. The number of fused-ring (bicyclic) bond motifs is 1. The Labute approximate surface area is 188 Å². The molecule has 0 unspecified atom stereocenters. The molecule has 8 nitrogen and oxygen atoms in total. The quantitative estimate of drug-likeness (QED) is 0.569. The molecule has 3 aromatic rings. The number of nitrogens with zero attached hydrogens (tertiary/aromatic N) is 4. The molecule has 1 aromatic carbocycles. The van der Waals surface area contributed by atoms with Gasteiger partial charge in [0.15, 0.2) is 16.3 Å². The van der Waals surface area contributed by atoms with Crippen molar-refractivity contribution in [2.45, 2.75) is 43.4 Å². The number of thioether (sulfide) groups is 1. The van der Waals surface area contributed by atoms with Crippen LogP contribution in [0.15, 0.2) is 39.0 Å². The SMILES string of the molecule is Cn1c(=O)c2c(nc(SCC(=O)NC3CCCC3)n2Cc2ccc(Cl)cc2)n(C)c1=O. The van der Waals surface area contributed by atoms with Crippen LogP contribution < -0.4 is 16.6 Å². The van der Waals surface area contributed by atoms with Crippen molar-refractivity contribution in [1.82, 2.24) is 24.0 Å². The van der Waals surface area contributed by atoms with Gasteiger partial charge >= 0.3 is 5.69 Å². The predicted molar refractivity (Wildman–Crippen MR) is 122 cm³/mol. The maximum Gasteiger partial charge on any atom is 0.332 e. The molecule has 164 valence electrons. The number of hydrogen-bond donors (Lipinski definition) is 1. The van der Waals surface area contributed by atoms with Crippen molar-refractivity contribution in [3.63, 3.8) is 0 Å². The van der Waals surface area contributed by atoms with E-state index in [0.29, 0.717) is 27.9 Å². The third kappa shape index (κ3) is 4.43. The van der Waals surface area contributed by atoms with Crippen molar-refractivity contribution < 1.29 is 4.79 Å². The number of aromatic nitrogens is 4. The number of benzene rings is 1. The van der Waals surface area contributed by atoms with E-state index < -0.39 is 11.2 Å². The molecule has 2 heterocycles. The van der Waals surface area contributed by atoms with Gasteiger partial charge in [-0.05, 0) is 30.5 Å². The van der Waals surface area contributed by atoms with E-state index in [1.165, 1.54) is 23.4 Å². The van der Waals surface area contributed by atoms with Crippen LogP contribution in [0.2, 0.25) is 5.02 Å². The molecule has 2 aromatic heterocycles. The van der Waals surface area contributed by atoms with Crippen LogP contribution in [0, 0.1) is 0 Å². The van der Waals surface area contributed by atoms with E-state index in [9.17, 15) is 14.4 Å². The van der Waals surface area contributed by atoms with Crippen LogP contribution in [-0.4, -0.2) is 36.4 Å². The Balaban J connectivity index is 1.70. The predicted octanol–water partition coefficient (Wildman–Crippen LogP) is 2.29. The van der Waals surface area contributed by atoms with Crippen LogP contribution in [0.5, 0.6) is 0 Å². The van der Waals surface area contributed by atoms with Gasteiger partial charge in [-0.15, -0.1) is 0 Å². The molecule has 0 bridgehead atoms. The van der Waals surface area contributed by atoms with E-state index in [0.717, 1.165) is 35.8 Å². The minimum Gasteiger partial charge on any atom is -0.353 e. The second-order valence-corrected chi connectivity index (χ2v) is 9.20. The average molecular weight is 462 g/mol. The number of amides is 1. The smallest absolute Gasteiger partial charge is 0.332 e. The van der Waals surface area contributed by atoms with E-state index in [2.05, 4.69) is 10.3 Å². The lowest BCUT2D eigenvalue weighted by atomic mass is 10.2. The van der Waals surface area contributed by atoms with Crippen molar-refractivity contribution in [1.29, 1.82) is 0 Å². The summed E-state index contributed by atoms with van der Waals surface area (Å²) in [5.74, 6) is 0.137. The molecule has 10 heteroatoms. The molecule has 0 spiro atoms. The van der Waals surface area contributed by atoms with E-state index in [1.54, 1.807) is 23.7 Å². The first-order valence-electron chi connectivity index (χ1n) is 10.2. The zero-order chi connectivity index (χ0) is 22.1. The maximum absolute atomic E-state index is 12.9. The van der Waals surface area contributed by atoms with E-state index in [4.69, 9.17) is 11.6 Å². The summed E-state index contributed by atoms with van der Waals surface area (Å²) in [6.45, 7) is 0.369. The fourth-order valence-corrected chi connectivity index (χ4v) is 4.86. The lowest BCUT2D eigenvalue weighted by Gasteiger charge is -2.12. The molecule has 0 atom stereocenters. The van der Waals surface area contributed by atoms with Crippen LogP contribution >= 0.6 is 23.4 Å². The highest BCUT2D eigenvalue weighted by Crippen LogP contribution is 2.24. The van der Waals surface area contributed by atoms with Gasteiger partial charge in [0.1, 0.15) is 0 Å². The normalized spacial score (nSPS) is 14.4. The van der Waals surface area contributed by atoms with Crippen LogP contribution in [0.25, 0.3) is 11.2 Å². The van der Waals surface area contributed by atoms with E-state index in [-0.39, 0.29) is 17.7 Å². The van der Waals surface area contributed by atoms with Gasteiger partial charge in [0.25, 0.3) is 5.56 Å². The maximum atomic E-state index is 12.9. The Bertz CT molecular complexity index is 1240. The summed E-state index contributed by atoms with van der Waals surface area (Å²) in [6, 6.07) is 7.57. The molecule has 1 N–H and O–H groups in total. The topological polar surface area (TPSA) is 90.9 Å². The summed E-state index contributed by atoms with van der Waals surface area (Å²) in [6.07, 6.45) is 4.33. The van der Waals surface area contributed by atoms with Crippen LogP contribution in [0.1, 0.15) is 31.2 Å². The van der Waals surface area contributed by atoms with Gasteiger partial charge in [-0.1, -0.05) is 48.3 Å². The first-order valence-corrected chi connectivity index (χ1v) is 11.5. The first-order chi connectivity index (χ1) is 14.8. The zero-order valence-electron chi connectivity index (χ0n) is 17.4. The molecular weight excluding hydrogens is 438 g/mol. The largest absolute Gasteiger partial charge is 0.353 e. The number of carbonyl (C=O) groups is 1. The van der Waals surface area contributed by atoms with E-state index >= 15 is 0 Å². The highest BCUT2D eigenvalue weighted by molar-refractivity contribution is 7.99. The van der Waals surface area contributed by atoms with Crippen LogP contribution in [0.3, 0.4) is 0 Å². The zero-order valence-corrected chi connectivity index (χ0v) is 19.0. The summed E-state index contributed by atoms with van der Waals surface area (Å²) in [7, 11) is 3.04. The van der Waals surface area contributed by atoms with Gasteiger partial charge in [-0.3, -0.25) is 18.7 Å². The second-order valence-electron chi connectivity index (χ2n) is 7.82. The molecule has 0 saturated heterocycles. The minimum absolute atomic E-state index is 0.0520. The molecule has 31 heavy (non-hydrogen) atoms. The van der Waals surface area contributed by atoms with Crippen molar-refractivity contribution in [3.05, 3.63) is 55.7 Å². The molecule has 4 rings (SSSR count). The molecule has 1 saturated carbocycles. The molecule has 1 amide bonds. The van der Waals surface area contributed by atoms with Crippen molar-refractivity contribution >= 4 is 40.4 Å². The lowest BCUT2D eigenvalue weighted by Crippen LogP contribution is -2.37. The van der Waals surface area contributed by atoms with Crippen molar-refractivity contribution in [2.24, 2.45) is 14.1 Å². The highest BCUT2D eigenvalue weighted by Gasteiger charge is 2.22. The second kappa shape index (κ2) is 8.92. The third-order valence-electron chi connectivity index (χ3n) is 5.62. The Morgan fingerprint density at radius 3 is 2.52 bits per heavy atom. The van der Waals surface area contributed by atoms with Crippen molar-refractivity contribution in [3.8, 4) is 0 Å². The van der Waals surface area contributed by atoms with Crippen LogP contribution in [-0.2, 0) is 25.4 Å². The number of hydrogen-bond acceptors (Lipinski definition) is 5. The Kier molecular flexibility index (Phi) is 6.24. The minimum atomic E-state index is -0.441. The fraction of sp³-hybridized carbons (Fsp3) is 0.429. The Hall–Kier alpha value is -2.52. The third-order valence-corrected chi connectivity index (χ3v) is 6.85. The molecule has 1 fully saturated rings.